The zero-order chi connectivity index (χ0) is 31.9. The number of hydrogen-bond acceptors (Lipinski definition) is 2. The molecule has 0 amide bonds. The van der Waals surface area contributed by atoms with Gasteiger partial charge in [0, 0.05) is 32.8 Å². The number of fused-ring (bicyclic) bond motifs is 6. The summed E-state index contributed by atoms with van der Waals surface area (Å²) in [5, 5.41) is 6.07. The summed E-state index contributed by atoms with van der Waals surface area (Å²) in [4.78, 5) is 9.72. The highest BCUT2D eigenvalue weighted by molar-refractivity contribution is 6.19. The van der Waals surface area contributed by atoms with Gasteiger partial charge >= 0.3 is 0 Å². The van der Waals surface area contributed by atoms with Crippen molar-refractivity contribution < 1.29 is 0 Å². The predicted octanol–water partition coefficient (Wildman–Crippen LogP) is 11.4. The summed E-state index contributed by atoms with van der Waals surface area (Å²) in [5.74, 6) is 0.670. The van der Waals surface area contributed by atoms with Gasteiger partial charge in [-0.1, -0.05) is 134 Å². The largest absolute Gasteiger partial charge is 0.308 e. The number of aryl methyl sites for hydroxylation is 2. The number of rotatable bonds is 6. The maximum Gasteiger partial charge on any atom is 0.153 e. The molecule has 3 nitrogen and oxygen atoms in total. The molecule has 0 aliphatic carbocycles. The first-order valence-corrected chi connectivity index (χ1v) is 16.0. The van der Waals surface area contributed by atoms with Gasteiger partial charge in [0.05, 0.1) is 22.2 Å². The number of hydrogen-bond donors (Lipinski definition) is 0. The van der Waals surface area contributed by atoms with Gasteiger partial charge in [0.25, 0.3) is 0 Å². The molecule has 6 aromatic carbocycles. The summed E-state index contributed by atoms with van der Waals surface area (Å²) in [7, 11) is 0. The molecule has 0 aliphatic rings. The zero-order valence-electron chi connectivity index (χ0n) is 26.5. The van der Waals surface area contributed by atoms with Crippen LogP contribution >= 0.6 is 0 Å². The molecule has 0 unspecified atom stereocenters. The first-order chi connectivity index (χ1) is 23.1. The lowest BCUT2D eigenvalue weighted by Crippen LogP contribution is -1.98. The van der Waals surface area contributed by atoms with Crippen molar-refractivity contribution in [3.63, 3.8) is 0 Å². The normalized spacial score (nSPS) is 12.0. The minimum absolute atomic E-state index is 0.670. The predicted molar refractivity (Wildman–Crippen MR) is 200 cm³/mol. The van der Waals surface area contributed by atoms with Crippen molar-refractivity contribution in [1.29, 1.82) is 0 Å². The second-order valence-corrected chi connectivity index (χ2v) is 12.0. The lowest BCUT2D eigenvalue weighted by atomic mass is 10.0. The molecule has 0 saturated heterocycles. The third kappa shape index (κ3) is 5.03. The topological polar surface area (TPSA) is 30.7 Å². The van der Waals surface area contributed by atoms with Crippen LogP contribution in [0, 0.1) is 13.8 Å². The Morgan fingerprint density at radius 2 is 1.38 bits per heavy atom. The number of allylic oxidation sites excluding steroid dienone is 4. The molecule has 2 aromatic heterocycles. The molecule has 47 heavy (non-hydrogen) atoms. The summed E-state index contributed by atoms with van der Waals surface area (Å²) in [6.07, 6.45) is 8.00. The van der Waals surface area contributed by atoms with Crippen LogP contribution < -0.4 is 0 Å². The van der Waals surface area contributed by atoms with Crippen LogP contribution in [0.2, 0.25) is 0 Å². The van der Waals surface area contributed by atoms with E-state index in [9.17, 15) is 0 Å². The van der Waals surface area contributed by atoms with Crippen LogP contribution in [0.3, 0.4) is 0 Å². The Morgan fingerprint density at radius 1 is 0.638 bits per heavy atom. The van der Waals surface area contributed by atoms with Crippen LogP contribution in [-0.4, -0.2) is 14.5 Å². The van der Waals surface area contributed by atoms with E-state index in [0.717, 1.165) is 39.0 Å². The van der Waals surface area contributed by atoms with E-state index in [-0.39, 0.29) is 0 Å². The van der Waals surface area contributed by atoms with Crippen LogP contribution in [0.15, 0.2) is 152 Å². The third-order valence-electron chi connectivity index (χ3n) is 9.14. The average molecular weight is 604 g/mol. The van der Waals surface area contributed by atoms with Crippen molar-refractivity contribution in [2.45, 2.75) is 13.8 Å². The highest BCUT2D eigenvalue weighted by Crippen LogP contribution is 2.39. The standard InChI is InChI=1S/C44H33N3/c1-29-24-26-37-38-27-25-32-15-8-9-20-36(32)44(38)47(43(37)31(29)3)35-19-13-18-34(28-35)30(2)14-7-12-23-41-45-40-22-11-10-21-39(40)42(46-41)33-16-5-4-6-17-33/h4-28H,2H2,1,3H3/b14-7-,23-12+. The first-order valence-electron chi connectivity index (χ1n) is 16.0. The monoisotopic (exact) mass is 603 g/mol. The van der Waals surface area contributed by atoms with E-state index in [1.54, 1.807) is 0 Å². The molecule has 0 N–H and O–H groups in total. The third-order valence-corrected chi connectivity index (χ3v) is 9.14. The Bertz CT molecular complexity index is 2550. The fraction of sp³-hybridized carbons (Fsp3) is 0.0455. The van der Waals surface area contributed by atoms with Crippen molar-refractivity contribution in [2.75, 3.05) is 0 Å². The van der Waals surface area contributed by atoms with Gasteiger partial charge in [-0.05, 0) is 65.8 Å². The van der Waals surface area contributed by atoms with Crippen LogP contribution in [0.5, 0.6) is 0 Å². The Balaban J connectivity index is 1.15. The Morgan fingerprint density at radius 3 is 2.26 bits per heavy atom. The lowest BCUT2D eigenvalue weighted by Gasteiger charge is -2.13. The van der Waals surface area contributed by atoms with E-state index in [4.69, 9.17) is 9.97 Å². The second kappa shape index (κ2) is 11.7. The molecule has 0 fully saturated rings. The van der Waals surface area contributed by atoms with Gasteiger partial charge in [0.15, 0.2) is 5.82 Å². The van der Waals surface area contributed by atoms with E-state index in [1.165, 1.54) is 43.7 Å². The van der Waals surface area contributed by atoms with Gasteiger partial charge in [-0.25, -0.2) is 9.97 Å². The van der Waals surface area contributed by atoms with E-state index in [1.807, 2.05) is 60.7 Å². The van der Waals surface area contributed by atoms with Crippen molar-refractivity contribution in [3.8, 4) is 16.9 Å². The summed E-state index contributed by atoms with van der Waals surface area (Å²) in [6.45, 7) is 8.85. The maximum atomic E-state index is 4.91. The van der Waals surface area contributed by atoms with Gasteiger partial charge in [0.2, 0.25) is 0 Å². The Hall–Kier alpha value is -6.06. The quantitative estimate of drug-likeness (QED) is 0.177. The van der Waals surface area contributed by atoms with E-state index in [2.05, 4.69) is 116 Å². The average Bonchev–Trinajstić information content (AvgIpc) is 3.47. The number of nitrogens with zero attached hydrogens (tertiary/aromatic N) is 3. The second-order valence-electron chi connectivity index (χ2n) is 12.0. The molecule has 0 saturated carbocycles. The zero-order valence-corrected chi connectivity index (χ0v) is 26.5. The summed E-state index contributed by atoms with van der Waals surface area (Å²) in [5.41, 5.74) is 11.1. The highest BCUT2D eigenvalue weighted by atomic mass is 15.0. The van der Waals surface area contributed by atoms with Gasteiger partial charge in [-0.2, -0.15) is 0 Å². The SMILES string of the molecule is C=C(/C=C\C=C\c1nc(-c2ccccc2)c2ccccc2n1)c1cccc(-n2c3c(C)c(C)ccc3c3ccc4ccccc4c32)c1. The molecule has 0 bridgehead atoms. The highest BCUT2D eigenvalue weighted by Gasteiger charge is 2.17. The number of para-hydroxylation sites is 1. The molecule has 2 heterocycles. The number of aromatic nitrogens is 3. The molecule has 0 radical (unpaired) electrons. The molecular weight excluding hydrogens is 571 g/mol. The molecule has 0 spiro atoms. The first kappa shape index (κ1) is 28.4. The fourth-order valence-electron chi connectivity index (χ4n) is 6.63. The molecule has 0 aliphatic heterocycles. The molecule has 8 rings (SSSR count). The van der Waals surface area contributed by atoms with Crippen LogP contribution in [0.4, 0.5) is 0 Å². The van der Waals surface area contributed by atoms with Gasteiger partial charge < -0.3 is 4.57 Å². The van der Waals surface area contributed by atoms with Crippen LogP contribution in [0.1, 0.15) is 22.5 Å². The van der Waals surface area contributed by atoms with Crippen molar-refractivity contribution in [2.24, 2.45) is 0 Å². The lowest BCUT2D eigenvalue weighted by molar-refractivity contribution is 1.16. The Kier molecular flexibility index (Phi) is 7.08. The molecule has 0 atom stereocenters. The summed E-state index contributed by atoms with van der Waals surface area (Å²) < 4.78 is 2.44. The van der Waals surface area contributed by atoms with Crippen molar-refractivity contribution in [3.05, 3.63) is 175 Å². The minimum atomic E-state index is 0.670. The minimum Gasteiger partial charge on any atom is -0.308 e. The summed E-state index contributed by atoms with van der Waals surface area (Å²) in [6, 6.07) is 44.8. The Labute approximate surface area is 274 Å². The van der Waals surface area contributed by atoms with Gasteiger partial charge in [-0.3, -0.25) is 0 Å². The van der Waals surface area contributed by atoms with Gasteiger partial charge in [-0.15, -0.1) is 0 Å². The molecule has 8 aromatic rings. The van der Waals surface area contributed by atoms with Crippen LogP contribution in [-0.2, 0) is 0 Å². The fourth-order valence-corrected chi connectivity index (χ4v) is 6.63. The molecule has 224 valence electrons. The van der Waals surface area contributed by atoms with E-state index < -0.39 is 0 Å². The maximum absolute atomic E-state index is 4.91. The van der Waals surface area contributed by atoms with E-state index >= 15 is 0 Å². The van der Waals surface area contributed by atoms with Crippen molar-refractivity contribution in [1.82, 2.24) is 14.5 Å². The summed E-state index contributed by atoms with van der Waals surface area (Å²) >= 11 is 0. The smallest absolute Gasteiger partial charge is 0.153 e. The van der Waals surface area contributed by atoms with Crippen LogP contribution in [0.25, 0.3) is 72.1 Å². The van der Waals surface area contributed by atoms with E-state index in [0.29, 0.717) is 5.82 Å². The number of benzene rings is 6. The van der Waals surface area contributed by atoms with Crippen molar-refractivity contribution >= 4 is 55.1 Å². The molecular formula is C44H33N3. The van der Waals surface area contributed by atoms with Gasteiger partial charge in [0.1, 0.15) is 0 Å². The molecule has 3 heteroatoms.